The number of rotatable bonds is 6. The molecule has 2 heterocycles. The highest BCUT2D eigenvalue weighted by molar-refractivity contribution is 5.77. The number of carbonyl (C=O) groups excluding carboxylic acids is 1. The van der Waals surface area contributed by atoms with Gasteiger partial charge in [0.05, 0.1) is 31.6 Å². The molecule has 1 saturated carbocycles. The third kappa shape index (κ3) is 3.36. The zero-order chi connectivity index (χ0) is 17.2. The van der Waals surface area contributed by atoms with Crippen LogP contribution in [0, 0.1) is 5.41 Å². The number of likely N-dealkylation sites (N-methyl/N-ethyl adjacent to an activating group) is 1. The molecule has 1 saturated heterocycles. The molecular formula is C18H28N2O4. The Morgan fingerprint density at radius 3 is 2.83 bits per heavy atom. The molecule has 1 N–H and O–H groups in total. The van der Waals surface area contributed by atoms with Crippen LogP contribution < -0.4 is 0 Å². The second-order valence-electron chi connectivity index (χ2n) is 7.03. The largest absolute Gasteiger partial charge is 0.467 e. The predicted molar refractivity (Wildman–Crippen MR) is 89.3 cm³/mol. The summed E-state index contributed by atoms with van der Waals surface area (Å²) in [6.07, 6.45) is 4.09. The van der Waals surface area contributed by atoms with Crippen molar-refractivity contribution < 1.29 is 19.1 Å². The van der Waals surface area contributed by atoms with Gasteiger partial charge in [-0.05, 0) is 45.0 Å². The van der Waals surface area contributed by atoms with E-state index in [0.29, 0.717) is 19.7 Å². The van der Waals surface area contributed by atoms with E-state index in [1.165, 1.54) is 0 Å². The highest BCUT2D eigenvalue weighted by Crippen LogP contribution is 2.50. The van der Waals surface area contributed by atoms with E-state index in [1.54, 1.807) is 18.2 Å². The van der Waals surface area contributed by atoms with Gasteiger partial charge in [0.1, 0.15) is 5.76 Å². The first-order chi connectivity index (χ1) is 11.5. The van der Waals surface area contributed by atoms with Crippen molar-refractivity contribution in [3.63, 3.8) is 0 Å². The van der Waals surface area contributed by atoms with E-state index in [0.717, 1.165) is 38.1 Å². The van der Waals surface area contributed by atoms with Crippen LogP contribution in [0.5, 0.6) is 0 Å². The molecular weight excluding hydrogens is 308 g/mol. The van der Waals surface area contributed by atoms with Crippen molar-refractivity contribution in [2.45, 2.75) is 44.9 Å². The van der Waals surface area contributed by atoms with Crippen molar-refractivity contribution in [1.82, 2.24) is 9.80 Å². The molecule has 2 fully saturated rings. The van der Waals surface area contributed by atoms with Crippen molar-refractivity contribution in [2.75, 3.05) is 33.3 Å². The second kappa shape index (κ2) is 7.25. The first-order valence-corrected chi connectivity index (χ1v) is 8.83. The summed E-state index contributed by atoms with van der Waals surface area (Å²) in [6, 6.07) is 3.71. The summed E-state index contributed by atoms with van der Waals surface area (Å²) in [6.45, 7) is 5.28. The number of aliphatic hydroxyl groups is 1. The van der Waals surface area contributed by atoms with Gasteiger partial charge in [0, 0.05) is 25.5 Å². The molecule has 1 amide bonds. The lowest BCUT2D eigenvalue weighted by Crippen LogP contribution is -2.62. The smallest absolute Gasteiger partial charge is 0.236 e. The van der Waals surface area contributed by atoms with Gasteiger partial charge in [0.25, 0.3) is 0 Å². The molecule has 2 atom stereocenters. The Morgan fingerprint density at radius 1 is 1.50 bits per heavy atom. The molecule has 24 heavy (non-hydrogen) atoms. The maximum absolute atomic E-state index is 12.4. The maximum Gasteiger partial charge on any atom is 0.236 e. The number of hydrogen-bond donors (Lipinski definition) is 1. The summed E-state index contributed by atoms with van der Waals surface area (Å²) in [7, 11) is 1.80. The van der Waals surface area contributed by atoms with Crippen LogP contribution in [-0.4, -0.2) is 66.3 Å². The minimum Gasteiger partial charge on any atom is -0.467 e. The molecule has 1 spiro atoms. The molecule has 0 bridgehead atoms. The Bertz CT molecular complexity index is 535. The molecule has 134 valence electrons. The highest BCUT2D eigenvalue weighted by atomic mass is 16.5. The van der Waals surface area contributed by atoms with Gasteiger partial charge in [-0.15, -0.1) is 0 Å². The average Bonchev–Trinajstić information content (AvgIpc) is 3.08. The summed E-state index contributed by atoms with van der Waals surface area (Å²) in [4.78, 5) is 16.3. The van der Waals surface area contributed by atoms with Crippen molar-refractivity contribution in [3.05, 3.63) is 24.2 Å². The van der Waals surface area contributed by atoms with Crippen LogP contribution in [0.3, 0.4) is 0 Å². The number of likely N-dealkylation sites (tertiary alicyclic amines) is 1. The number of nitrogens with zero attached hydrogens (tertiary/aromatic N) is 2. The Labute approximate surface area is 143 Å². The normalized spacial score (nSPS) is 26.3. The van der Waals surface area contributed by atoms with E-state index in [1.807, 2.05) is 19.1 Å². The lowest BCUT2D eigenvalue weighted by Gasteiger charge is -2.56. The minimum atomic E-state index is -0.256. The van der Waals surface area contributed by atoms with Crippen LogP contribution in [0.25, 0.3) is 0 Å². The third-order valence-electron chi connectivity index (χ3n) is 5.65. The van der Waals surface area contributed by atoms with Crippen molar-refractivity contribution in [1.29, 1.82) is 0 Å². The fourth-order valence-electron chi connectivity index (χ4n) is 3.98. The second-order valence-corrected chi connectivity index (χ2v) is 7.03. The van der Waals surface area contributed by atoms with Crippen LogP contribution in [0.15, 0.2) is 22.8 Å². The monoisotopic (exact) mass is 336 g/mol. The van der Waals surface area contributed by atoms with E-state index in [4.69, 9.17) is 9.15 Å². The fourth-order valence-corrected chi connectivity index (χ4v) is 3.98. The van der Waals surface area contributed by atoms with Gasteiger partial charge in [-0.25, -0.2) is 0 Å². The number of ether oxygens (including phenoxy) is 1. The van der Waals surface area contributed by atoms with E-state index < -0.39 is 0 Å². The van der Waals surface area contributed by atoms with Gasteiger partial charge in [0.2, 0.25) is 5.91 Å². The first-order valence-electron chi connectivity index (χ1n) is 8.83. The summed E-state index contributed by atoms with van der Waals surface area (Å²) >= 11 is 0. The first kappa shape index (κ1) is 17.5. The molecule has 3 rings (SSSR count). The number of carbonyl (C=O) groups is 1. The molecule has 2 unspecified atom stereocenters. The molecule has 6 heteroatoms. The van der Waals surface area contributed by atoms with Crippen LogP contribution in [-0.2, 0) is 16.1 Å². The van der Waals surface area contributed by atoms with Crippen LogP contribution in [0.2, 0.25) is 0 Å². The average molecular weight is 336 g/mol. The summed E-state index contributed by atoms with van der Waals surface area (Å²) in [5.41, 5.74) is -0.0877. The number of furan rings is 1. The lowest BCUT2D eigenvalue weighted by molar-refractivity contribution is -0.209. The quantitative estimate of drug-likeness (QED) is 0.853. The zero-order valence-electron chi connectivity index (χ0n) is 14.6. The lowest BCUT2D eigenvalue weighted by atomic mass is 9.58. The van der Waals surface area contributed by atoms with Gasteiger partial charge >= 0.3 is 0 Å². The molecule has 6 nitrogen and oxygen atoms in total. The van der Waals surface area contributed by atoms with E-state index >= 15 is 0 Å². The van der Waals surface area contributed by atoms with Gasteiger partial charge < -0.3 is 19.2 Å². The predicted octanol–water partition coefficient (Wildman–Crippen LogP) is 1.49. The molecule has 0 radical (unpaired) electrons. The van der Waals surface area contributed by atoms with Crippen molar-refractivity contribution in [2.24, 2.45) is 5.41 Å². The van der Waals surface area contributed by atoms with Crippen LogP contribution in [0.1, 0.15) is 31.9 Å². The molecule has 1 aliphatic carbocycles. The SMILES string of the molecule is CCOC1CC(O)C12CCN(CC(=O)N(C)Cc1ccco1)CC2. The Kier molecular flexibility index (Phi) is 5.27. The van der Waals surface area contributed by atoms with E-state index in [-0.39, 0.29) is 23.5 Å². The van der Waals surface area contributed by atoms with Crippen LogP contribution in [0.4, 0.5) is 0 Å². The molecule has 0 aromatic carbocycles. The van der Waals surface area contributed by atoms with Gasteiger partial charge in [-0.2, -0.15) is 0 Å². The maximum atomic E-state index is 12.4. The topological polar surface area (TPSA) is 66.2 Å². The van der Waals surface area contributed by atoms with Gasteiger partial charge in [-0.3, -0.25) is 9.69 Å². The van der Waals surface area contributed by atoms with Gasteiger partial charge in [0.15, 0.2) is 0 Å². The fraction of sp³-hybridized carbons (Fsp3) is 0.722. The molecule has 1 aromatic rings. The van der Waals surface area contributed by atoms with Gasteiger partial charge in [-0.1, -0.05) is 0 Å². The molecule has 2 aliphatic rings. The minimum absolute atomic E-state index is 0.0877. The van der Waals surface area contributed by atoms with E-state index in [2.05, 4.69) is 4.90 Å². The standard InChI is InChI=1S/C18H28N2O4/c1-3-23-16-11-15(21)18(16)6-8-20(9-7-18)13-17(22)19(2)12-14-5-4-10-24-14/h4-5,10,15-16,21H,3,6-9,11-13H2,1-2H3. The Balaban J connectivity index is 1.47. The number of hydrogen-bond acceptors (Lipinski definition) is 5. The Hall–Kier alpha value is -1.37. The third-order valence-corrected chi connectivity index (χ3v) is 5.65. The van der Waals surface area contributed by atoms with Crippen LogP contribution >= 0.6 is 0 Å². The van der Waals surface area contributed by atoms with Crippen molar-refractivity contribution in [3.8, 4) is 0 Å². The Morgan fingerprint density at radius 2 is 2.25 bits per heavy atom. The zero-order valence-corrected chi connectivity index (χ0v) is 14.6. The molecule has 1 aliphatic heterocycles. The number of amides is 1. The molecule has 1 aromatic heterocycles. The highest BCUT2D eigenvalue weighted by Gasteiger charge is 2.56. The van der Waals surface area contributed by atoms with Crippen molar-refractivity contribution >= 4 is 5.91 Å². The van der Waals surface area contributed by atoms with E-state index in [9.17, 15) is 9.90 Å². The number of aliphatic hydroxyl groups excluding tert-OH is 1. The summed E-state index contributed by atoms with van der Waals surface area (Å²) in [5, 5.41) is 10.2. The number of piperidine rings is 1. The summed E-state index contributed by atoms with van der Waals surface area (Å²) in [5.74, 6) is 0.887. The summed E-state index contributed by atoms with van der Waals surface area (Å²) < 4.78 is 11.1.